The average Bonchev–Trinajstić information content (AvgIpc) is 2.18. The summed E-state index contributed by atoms with van der Waals surface area (Å²) < 4.78 is 0. The lowest BCUT2D eigenvalue weighted by Gasteiger charge is -2.35. The monoisotopic (exact) mass is 198 g/mol. The molecule has 2 atom stereocenters. The van der Waals surface area contributed by atoms with Crippen molar-refractivity contribution in [1.29, 1.82) is 0 Å². The number of likely N-dealkylation sites (tertiary alicyclic amines) is 1. The molecule has 1 rings (SSSR count). The van der Waals surface area contributed by atoms with Crippen LogP contribution in [-0.2, 0) is 0 Å². The predicted molar refractivity (Wildman–Crippen MR) is 62.6 cm³/mol. The van der Waals surface area contributed by atoms with Crippen molar-refractivity contribution in [1.82, 2.24) is 10.2 Å². The van der Waals surface area contributed by atoms with Gasteiger partial charge in [0.25, 0.3) is 0 Å². The summed E-state index contributed by atoms with van der Waals surface area (Å²) in [5.74, 6) is 0.913. The van der Waals surface area contributed by atoms with Crippen molar-refractivity contribution in [3.63, 3.8) is 0 Å². The lowest BCUT2D eigenvalue weighted by Crippen LogP contribution is -2.40. The fourth-order valence-electron chi connectivity index (χ4n) is 2.38. The van der Waals surface area contributed by atoms with Gasteiger partial charge in [-0.15, -0.1) is 0 Å². The van der Waals surface area contributed by atoms with Gasteiger partial charge in [0, 0.05) is 12.6 Å². The second kappa shape index (κ2) is 6.41. The Morgan fingerprint density at radius 1 is 1.50 bits per heavy atom. The van der Waals surface area contributed by atoms with E-state index >= 15 is 0 Å². The second-order valence-electron chi connectivity index (χ2n) is 4.84. The number of hydrogen-bond donors (Lipinski definition) is 1. The molecule has 0 aliphatic carbocycles. The molecule has 0 saturated carbocycles. The van der Waals surface area contributed by atoms with Crippen molar-refractivity contribution in [2.75, 3.05) is 26.7 Å². The van der Waals surface area contributed by atoms with Crippen LogP contribution in [0.2, 0.25) is 0 Å². The van der Waals surface area contributed by atoms with Gasteiger partial charge in [-0.1, -0.05) is 6.92 Å². The summed E-state index contributed by atoms with van der Waals surface area (Å²) >= 11 is 0. The number of nitrogens with one attached hydrogen (secondary N) is 1. The van der Waals surface area contributed by atoms with Crippen LogP contribution in [0.25, 0.3) is 0 Å². The summed E-state index contributed by atoms with van der Waals surface area (Å²) in [7, 11) is 2.04. The van der Waals surface area contributed by atoms with Gasteiger partial charge in [-0.2, -0.15) is 0 Å². The van der Waals surface area contributed by atoms with Gasteiger partial charge in [-0.3, -0.25) is 0 Å². The largest absolute Gasteiger partial charge is 0.320 e. The number of hydrogen-bond acceptors (Lipinski definition) is 2. The Bertz CT molecular complexity index is 147. The SMILES string of the molecule is CNCCCC(C)N1CCCC(C)C1. The van der Waals surface area contributed by atoms with Crippen molar-refractivity contribution in [2.24, 2.45) is 5.92 Å². The minimum absolute atomic E-state index is 0.783. The Morgan fingerprint density at radius 2 is 2.29 bits per heavy atom. The Hall–Kier alpha value is -0.0800. The second-order valence-corrected chi connectivity index (χ2v) is 4.84. The van der Waals surface area contributed by atoms with Crippen molar-refractivity contribution < 1.29 is 0 Å². The molecule has 0 aromatic carbocycles. The van der Waals surface area contributed by atoms with Gasteiger partial charge < -0.3 is 10.2 Å². The molecule has 2 nitrogen and oxygen atoms in total. The van der Waals surface area contributed by atoms with E-state index in [1.807, 2.05) is 7.05 Å². The van der Waals surface area contributed by atoms with Crippen molar-refractivity contribution in [3.8, 4) is 0 Å². The highest BCUT2D eigenvalue weighted by molar-refractivity contribution is 4.74. The summed E-state index contributed by atoms with van der Waals surface area (Å²) in [6, 6.07) is 0.783. The predicted octanol–water partition coefficient (Wildman–Crippen LogP) is 2.11. The Morgan fingerprint density at radius 3 is 2.93 bits per heavy atom. The first-order valence-corrected chi connectivity index (χ1v) is 6.12. The van der Waals surface area contributed by atoms with E-state index in [2.05, 4.69) is 24.1 Å². The van der Waals surface area contributed by atoms with Gasteiger partial charge in [0.15, 0.2) is 0 Å². The van der Waals surface area contributed by atoms with E-state index in [-0.39, 0.29) is 0 Å². The molecule has 1 aliphatic rings. The molecule has 0 aromatic heterocycles. The molecule has 2 unspecified atom stereocenters. The molecular formula is C12H26N2. The summed E-state index contributed by atoms with van der Waals surface area (Å²) in [6.07, 6.45) is 5.48. The Kier molecular flexibility index (Phi) is 5.49. The topological polar surface area (TPSA) is 15.3 Å². The van der Waals surface area contributed by atoms with Gasteiger partial charge >= 0.3 is 0 Å². The Labute approximate surface area is 89.1 Å². The van der Waals surface area contributed by atoms with E-state index in [1.165, 1.54) is 38.8 Å². The molecule has 0 amide bonds. The minimum Gasteiger partial charge on any atom is -0.320 e. The van der Waals surface area contributed by atoms with Gasteiger partial charge in [0.1, 0.15) is 0 Å². The molecule has 1 fully saturated rings. The van der Waals surface area contributed by atoms with E-state index in [9.17, 15) is 0 Å². The fraction of sp³-hybridized carbons (Fsp3) is 1.00. The van der Waals surface area contributed by atoms with Crippen LogP contribution in [0.15, 0.2) is 0 Å². The molecule has 0 aromatic rings. The van der Waals surface area contributed by atoms with Crippen molar-refractivity contribution >= 4 is 0 Å². The molecule has 0 spiro atoms. The van der Waals surface area contributed by atoms with E-state index in [1.54, 1.807) is 0 Å². The normalized spacial score (nSPS) is 26.4. The summed E-state index contributed by atoms with van der Waals surface area (Å²) in [5, 5.41) is 3.22. The zero-order chi connectivity index (χ0) is 10.4. The molecule has 1 aliphatic heterocycles. The highest BCUT2D eigenvalue weighted by atomic mass is 15.2. The number of rotatable bonds is 5. The minimum atomic E-state index is 0.783. The summed E-state index contributed by atoms with van der Waals surface area (Å²) in [6.45, 7) is 8.57. The number of nitrogens with zero attached hydrogens (tertiary/aromatic N) is 1. The van der Waals surface area contributed by atoms with E-state index in [0.717, 1.165) is 18.5 Å². The van der Waals surface area contributed by atoms with Crippen LogP contribution in [0, 0.1) is 5.92 Å². The van der Waals surface area contributed by atoms with E-state index in [4.69, 9.17) is 0 Å². The smallest absolute Gasteiger partial charge is 0.00675 e. The standard InChI is InChI=1S/C12H26N2/c1-11-6-5-9-14(10-11)12(2)7-4-8-13-3/h11-13H,4-10H2,1-3H3. The molecule has 0 radical (unpaired) electrons. The quantitative estimate of drug-likeness (QED) is 0.681. The first-order chi connectivity index (χ1) is 6.74. The summed E-state index contributed by atoms with van der Waals surface area (Å²) in [5.41, 5.74) is 0. The number of piperidine rings is 1. The molecule has 1 N–H and O–H groups in total. The lowest BCUT2D eigenvalue weighted by atomic mass is 9.98. The van der Waals surface area contributed by atoms with Crippen LogP contribution < -0.4 is 5.32 Å². The van der Waals surface area contributed by atoms with Crippen molar-refractivity contribution in [2.45, 2.75) is 45.6 Å². The molecule has 2 heteroatoms. The van der Waals surface area contributed by atoms with Crippen LogP contribution in [0.4, 0.5) is 0 Å². The average molecular weight is 198 g/mol. The van der Waals surface area contributed by atoms with Crippen LogP contribution in [0.3, 0.4) is 0 Å². The maximum Gasteiger partial charge on any atom is 0.00675 e. The third-order valence-corrected chi connectivity index (χ3v) is 3.36. The zero-order valence-electron chi connectivity index (χ0n) is 10.1. The molecule has 1 saturated heterocycles. The maximum atomic E-state index is 3.22. The molecule has 1 heterocycles. The van der Waals surface area contributed by atoms with Crippen LogP contribution in [-0.4, -0.2) is 37.6 Å². The molecular weight excluding hydrogens is 172 g/mol. The molecule has 14 heavy (non-hydrogen) atoms. The van der Waals surface area contributed by atoms with Gasteiger partial charge in [-0.25, -0.2) is 0 Å². The first kappa shape index (κ1) is 12.0. The van der Waals surface area contributed by atoms with Crippen molar-refractivity contribution in [3.05, 3.63) is 0 Å². The van der Waals surface area contributed by atoms with Crippen LogP contribution in [0.5, 0.6) is 0 Å². The lowest BCUT2D eigenvalue weighted by molar-refractivity contribution is 0.131. The Balaban J connectivity index is 2.18. The van der Waals surface area contributed by atoms with Gasteiger partial charge in [-0.05, 0) is 58.7 Å². The van der Waals surface area contributed by atoms with E-state index < -0.39 is 0 Å². The van der Waals surface area contributed by atoms with Gasteiger partial charge in [0.2, 0.25) is 0 Å². The highest BCUT2D eigenvalue weighted by Crippen LogP contribution is 2.19. The van der Waals surface area contributed by atoms with Gasteiger partial charge in [0.05, 0.1) is 0 Å². The van der Waals surface area contributed by atoms with E-state index in [0.29, 0.717) is 0 Å². The fourth-order valence-corrected chi connectivity index (χ4v) is 2.38. The third kappa shape index (κ3) is 3.97. The maximum absolute atomic E-state index is 3.22. The molecule has 84 valence electrons. The summed E-state index contributed by atoms with van der Waals surface area (Å²) in [4.78, 5) is 2.67. The first-order valence-electron chi connectivity index (χ1n) is 6.12. The zero-order valence-corrected chi connectivity index (χ0v) is 10.1. The third-order valence-electron chi connectivity index (χ3n) is 3.36. The van der Waals surface area contributed by atoms with Crippen LogP contribution in [0.1, 0.15) is 39.5 Å². The van der Waals surface area contributed by atoms with Crippen LogP contribution >= 0.6 is 0 Å². The molecule has 0 bridgehead atoms. The highest BCUT2D eigenvalue weighted by Gasteiger charge is 2.20.